The molecule has 0 saturated heterocycles. The van der Waals surface area contributed by atoms with Gasteiger partial charge in [-0.3, -0.25) is 19.1 Å². The van der Waals surface area contributed by atoms with Gasteiger partial charge in [0.1, 0.15) is 11.4 Å². The number of alkyl halides is 8. The second-order valence-electron chi connectivity index (χ2n) is 9.60. The minimum Gasteiger partial charge on any atom is -0.366 e. The summed E-state index contributed by atoms with van der Waals surface area (Å²) in [5.41, 5.74) is 2.13. The Morgan fingerprint density at radius 1 is 1.05 bits per heavy atom. The molecule has 0 aliphatic carbocycles. The second-order valence-corrected chi connectivity index (χ2v) is 10.9. The van der Waals surface area contributed by atoms with Gasteiger partial charge in [-0.1, -0.05) is 29.8 Å². The van der Waals surface area contributed by atoms with Gasteiger partial charge < -0.3 is 10.6 Å². The van der Waals surface area contributed by atoms with Gasteiger partial charge in [0, 0.05) is 17.5 Å². The molecule has 2 N–H and O–H groups in total. The number of nitrogens with two attached hydrogens (primary N) is 1. The SMILES string of the molecule is CSC[C@H](C)N(C(=O)c1c(Cl)cccc1C(N)=O)c1ccc(Cn2nc(C(F)(F)C(F)(F)F)cc2C(=O)C(F)(F)F)cc1C. The summed E-state index contributed by atoms with van der Waals surface area (Å²) in [5.74, 6) is -9.54. The summed E-state index contributed by atoms with van der Waals surface area (Å²) in [4.78, 5) is 39.1. The van der Waals surface area contributed by atoms with Crippen LogP contribution in [0.15, 0.2) is 42.5 Å². The summed E-state index contributed by atoms with van der Waals surface area (Å²) < 4.78 is 106. The molecule has 1 atom stereocenters. The van der Waals surface area contributed by atoms with Crippen molar-refractivity contribution in [3.05, 3.63) is 81.1 Å². The van der Waals surface area contributed by atoms with E-state index in [2.05, 4.69) is 5.10 Å². The summed E-state index contributed by atoms with van der Waals surface area (Å²) in [6.07, 6.45) is -10.0. The Balaban J connectivity index is 2.11. The Labute approximate surface area is 254 Å². The van der Waals surface area contributed by atoms with Crippen molar-refractivity contribution in [3.8, 4) is 0 Å². The number of Topliss-reactive ketones (excluding diaryl/α,β-unsaturated/α-hetero) is 1. The van der Waals surface area contributed by atoms with Gasteiger partial charge in [0.2, 0.25) is 5.91 Å². The number of benzene rings is 2. The quantitative estimate of drug-likeness (QED) is 0.189. The zero-order chi connectivity index (χ0) is 33.4. The molecule has 0 saturated carbocycles. The average Bonchev–Trinajstić information content (AvgIpc) is 3.32. The molecule has 238 valence electrons. The summed E-state index contributed by atoms with van der Waals surface area (Å²) in [7, 11) is 0. The number of hydrogen-bond acceptors (Lipinski definition) is 5. The highest BCUT2D eigenvalue weighted by Crippen LogP contribution is 2.44. The van der Waals surface area contributed by atoms with Crippen LogP contribution in [0.2, 0.25) is 5.02 Å². The van der Waals surface area contributed by atoms with E-state index in [-0.39, 0.29) is 38.1 Å². The van der Waals surface area contributed by atoms with E-state index in [1.54, 1.807) is 13.2 Å². The van der Waals surface area contributed by atoms with Crippen LogP contribution in [0.3, 0.4) is 0 Å². The summed E-state index contributed by atoms with van der Waals surface area (Å²) in [6.45, 7) is 2.39. The smallest absolute Gasteiger partial charge is 0.366 e. The van der Waals surface area contributed by atoms with E-state index in [9.17, 15) is 49.5 Å². The average molecular weight is 671 g/mol. The maximum absolute atomic E-state index is 14.0. The lowest BCUT2D eigenvalue weighted by Gasteiger charge is -2.31. The van der Waals surface area contributed by atoms with E-state index in [1.807, 2.05) is 0 Å². The number of halogens is 9. The van der Waals surface area contributed by atoms with Crippen molar-refractivity contribution in [2.45, 2.75) is 44.7 Å². The number of ketones is 1. The fourth-order valence-electron chi connectivity index (χ4n) is 4.35. The molecule has 0 radical (unpaired) electrons. The molecule has 1 heterocycles. The first-order valence-corrected chi connectivity index (χ1v) is 14.1. The Bertz CT molecular complexity index is 1590. The lowest BCUT2D eigenvalue weighted by atomic mass is 10.0. The predicted octanol–water partition coefficient (Wildman–Crippen LogP) is 6.79. The molecule has 2 amide bonds. The number of carbonyl (C=O) groups is 3. The maximum Gasteiger partial charge on any atom is 0.459 e. The van der Waals surface area contributed by atoms with Crippen molar-refractivity contribution >= 4 is 46.6 Å². The number of aryl methyl sites for hydroxylation is 1. The molecule has 3 aromatic rings. The largest absolute Gasteiger partial charge is 0.459 e. The van der Waals surface area contributed by atoms with Crippen molar-refractivity contribution in [1.82, 2.24) is 9.78 Å². The van der Waals surface area contributed by atoms with E-state index >= 15 is 0 Å². The fourth-order valence-corrected chi connectivity index (χ4v) is 5.24. The third-order valence-corrected chi connectivity index (χ3v) is 7.49. The number of hydrogen-bond donors (Lipinski definition) is 1. The van der Waals surface area contributed by atoms with Crippen LogP contribution < -0.4 is 10.6 Å². The van der Waals surface area contributed by atoms with Gasteiger partial charge >= 0.3 is 18.3 Å². The van der Waals surface area contributed by atoms with E-state index in [1.165, 1.54) is 60.0 Å². The number of rotatable bonds is 10. The molecule has 1 aromatic heterocycles. The van der Waals surface area contributed by atoms with Crippen LogP contribution in [0.5, 0.6) is 0 Å². The number of nitrogens with zero attached hydrogens (tertiary/aromatic N) is 3. The molecule has 17 heteroatoms. The van der Waals surface area contributed by atoms with Gasteiger partial charge in [-0.2, -0.15) is 52.0 Å². The third kappa shape index (κ3) is 7.01. The minimum atomic E-state index is -6.19. The number of carbonyl (C=O) groups excluding carboxylic acids is 3. The number of anilines is 1. The van der Waals surface area contributed by atoms with E-state index in [4.69, 9.17) is 17.3 Å². The highest BCUT2D eigenvalue weighted by atomic mass is 35.5. The van der Waals surface area contributed by atoms with Crippen LogP contribution in [-0.2, 0) is 12.5 Å². The number of aromatic nitrogens is 2. The molecular formula is C27H23ClF8N4O3S. The maximum atomic E-state index is 14.0. The van der Waals surface area contributed by atoms with Crippen LogP contribution in [-0.4, -0.2) is 57.8 Å². The number of amides is 2. The predicted molar refractivity (Wildman–Crippen MR) is 147 cm³/mol. The Morgan fingerprint density at radius 3 is 2.20 bits per heavy atom. The Hall–Kier alpha value is -3.66. The third-order valence-electron chi connectivity index (χ3n) is 6.36. The van der Waals surface area contributed by atoms with Gasteiger partial charge in [0.05, 0.1) is 22.7 Å². The van der Waals surface area contributed by atoms with E-state index in [0.29, 0.717) is 11.3 Å². The van der Waals surface area contributed by atoms with Gasteiger partial charge in [-0.05, 0) is 55.5 Å². The standard InChI is InChI=1S/C27H23ClF8N4O3S/c1-13-9-15(11-39-19(22(41)26(31,32)33)10-20(38-39)25(29,30)27(34,35)36)7-8-18(13)40(14(2)12-44-3)24(43)21-16(23(37)42)5-4-6-17(21)28/h4-10,14H,11-12H2,1-3H3,(H2,37,42)/t14-/m0/s1. The molecule has 0 spiro atoms. The van der Waals surface area contributed by atoms with Crippen molar-refractivity contribution in [2.75, 3.05) is 16.9 Å². The molecule has 0 aliphatic heterocycles. The molecule has 2 aromatic carbocycles. The lowest BCUT2D eigenvalue weighted by Crippen LogP contribution is -2.41. The normalized spacial score (nSPS) is 13.1. The van der Waals surface area contributed by atoms with Crippen LogP contribution in [0.1, 0.15) is 54.9 Å². The molecule has 0 bridgehead atoms. The van der Waals surface area contributed by atoms with Gasteiger partial charge in [0.25, 0.3) is 11.7 Å². The molecule has 3 rings (SSSR count). The Morgan fingerprint density at radius 2 is 1.68 bits per heavy atom. The molecule has 0 fully saturated rings. The number of thioether (sulfide) groups is 1. The molecular weight excluding hydrogens is 648 g/mol. The zero-order valence-corrected chi connectivity index (χ0v) is 24.6. The molecule has 0 aliphatic rings. The number of primary amides is 1. The lowest BCUT2D eigenvalue weighted by molar-refractivity contribution is -0.291. The van der Waals surface area contributed by atoms with E-state index in [0.717, 1.165) is 0 Å². The first kappa shape index (κ1) is 34.8. The van der Waals surface area contributed by atoms with Crippen molar-refractivity contribution in [2.24, 2.45) is 5.73 Å². The molecule has 7 nitrogen and oxygen atoms in total. The van der Waals surface area contributed by atoms with Crippen LogP contribution in [0, 0.1) is 6.92 Å². The van der Waals surface area contributed by atoms with Crippen LogP contribution in [0.4, 0.5) is 40.8 Å². The highest BCUT2D eigenvalue weighted by Gasteiger charge is 2.61. The summed E-state index contributed by atoms with van der Waals surface area (Å²) in [5, 5.41) is 2.96. The first-order chi connectivity index (χ1) is 20.2. The summed E-state index contributed by atoms with van der Waals surface area (Å²) >= 11 is 7.66. The second kappa shape index (κ2) is 12.8. The van der Waals surface area contributed by atoms with Crippen molar-refractivity contribution in [1.29, 1.82) is 0 Å². The fraction of sp³-hybridized carbons (Fsp3) is 0.333. The Kier molecular flexibility index (Phi) is 10.1. The van der Waals surface area contributed by atoms with Gasteiger partial charge in [-0.15, -0.1) is 0 Å². The van der Waals surface area contributed by atoms with E-state index < -0.39 is 59.8 Å². The minimum absolute atomic E-state index is 0.0490. The topological polar surface area (TPSA) is 98.3 Å². The monoisotopic (exact) mass is 670 g/mol. The molecule has 0 unspecified atom stereocenters. The zero-order valence-electron chi connectivity index (χ0n) is 23.0. The van der Waals surface area contributed by atoms with Crippen LogP contribution >= 0.6 is 23.4 Å². The van der Waals surface area contributed by atoms with Crippen LogP contribution in [0.25, 0.3) is 0 Å². The molecule has 44 heavy (non-hydrogen) atoms. The highest BCUT2D eigenvalue weighted by molar-refractivity contribution is 7.98. The first-order valence-electron chi connectivity index (χ1n) is 12.4. The van der Waals surface area contributed by atoms with Crippen molar-refractivity contribution < 1.29 is 49.5 Å². The van der Waals surface area contributed by atoms with Gasteiger partial charge in [0.15, 0.2) is 0 Å². The van der Waals surface area contributed by atoms with Gasteiger partial charge in [-0.25, -0.2) is 0 Å². The summed E-state index contributed by atoms with van der Waals surface area (Å²) in [6, 6.07) is 7.32. The van der Waals surface area contributed by atoms with Crippen molar-refractivity contribution in [3.63, 3.8) is 0 Å².